The van der Waals surface area contributed by atoms with E-state index in [0.29, 0.717) is 10.8 Å². The van der Waals surface area contributed by atoms with Crippen LogP contribution in [0.15, 0.2) is 101 Å². The summed E-state index contributed by atoms with van der Waals surface area (Å²) >= 11 is 0. The highest BCUT2D eigenvalue weighted by Gasteiger charge is 2.14. The third-order valence-corrected chi connectivity index (χ3v) is 5.03. The SMILES string of the molecule is OCC(c1ccccc1)=c1ccc(=C(c2ccccc2)n2nnc3ccccc32)o1. The van der Waals surface area contributed by atoms with E-state index in [9.17, 15) is 5.11 Å². The van der Waals surface area contributed by atoms with Crippen molar-refractivity contribution in [3.8, 4) is 0 Å². The maximum absolute atomic E-state index is 9.99. The second-order valence-electron chi connectivity index (χ2n) is 6.87. The Morgan fingerprint density at radius 1 is 0.733 bits per heavy atom. The molecule has 0 bridgehead atoms. The molecule has 0 radical (unpaired) electrons. The number of furan rings is 1. The van der Waals surface area contributed by atoms with Crippen molar-refractivity contribution in [2.24, 2.45) is 0 Å². The molecule has 1 N–H and O–H groups in total. The molecular weight excluding hydrogens is 374 g/mol. The molecule has 30 heavy (non-hydrogen) atoms. The highest BCUT2D eigenvalue weighted by Crippen LogP contribution is 2.19. The smallest absolute Gasteiger partial charge is 0.153 e. The molecule has 3 aromatic carbocycles. The van der Waals surface area contributed by atoms with E-state index in [4.69, 9.17) is 4.42 Å². The van der Waals surface area contributed by atoms with Crippen LogP contribution < -0.4 is 10.8 Å². The first-order chi connectivity index (χ1) is 14.8. The Bertz CT molecular complexity index is 1420. The highest BCUT2D eigenvalue weighted by molar-refractivity contribution is 5.80. The summed E-state index contributed by atoms with van der Waals surface area (Å²) in [5, 5.41) is 18.7. The predicted octanol–water partition coefficient (Wildman–Crippen LogP) is 2.92. The quantitative estimate of drug-likeness (QED) is 0.510. The molecule has 0 spiro atoms. The van der Waals surface area contributed by atoms with Crippen LogP contribution in [-0.2, 0) is 0 Å². The van der Waals surface area contributed by atoms with E-state index in [2.05, 4.69) is 10.3 Å². The first kappa shape index (κ1) is 18.1. The molecule has 0 amide bonds. The van der Waals surface area contributed by atoms with Crippen LogP contribution in [0.3, 0.4) is 0 Å². The van der Waals surface area contributed by atoms with Crippen molar-refractivity contribution in [3.63, 3.8) is 0 Å². The van der Waals surface area contributed by atoms with E-state index >= 15 is 0 Å². The number of nitrogens with zero attached hydrogens (tertiary/aromatic N) is 3. The fourth-order valence-corrected chi connectivity index (χ4v) is 3.58. The second kappa shape index (κ2) is 7.81. The number of hydrogen-bond acceptors (Lipinski definition) is 4. The summed E-state index contributed by atoms with van der Waals surface area (Å²) in [5.74, 6) is 0. The Morgan fingerprint density at radius 2 is 1.37 bits per heavy atom. The minimum atomic E-state index is -0.121. The van der Waals surface area contributed by atoms with Crippen LogP contribution in [0.25, 0.3) is 22.3 Å². The molecule has 0 aliphatic heterocycles. The number of benzene rings is 3. The zero-order valence-electron chi connectivity index (χ0n) is 16.1. The van der Waals surface area contributed by atoms with Gasteiger partial charge in [0.2, 0.25) is 0 Å². The Morgan fingerprint density at radius 3 is 2.10 bits per heavy atom. The molecule has 0 atom stereocenters. The summed E-state index contributed by atoms with van der Waals surface area (Å²) in [6, 6.07) is 31.3. The topological polar surface area (TPSA) is 64.1 Å². The van der Waals surface area contributed by atoms with Crippen molar-refractivity contribution < 1.29 is 9.52 Å². The molecule has 2 heterocycles. The zero-order valence-corrected chi connectivity index (χ0v) is 16.1. The Labute approximate surface area is 172 Å². The van der Waals surface area contributed by atoms with E-state index in [-0.39, 0.29) is 6.61 Å². The molecule has 5 heteroatoms. The Balaban J connectivity index is 1.82. The van der Waals surface area contributed by atoms with Crippen molar-refractivity contribution in [1.82, 2.24) is 15.0 Å². The average Bonchev–Trinajstić information content (AvgIpc) is 3.45. The Kier molecular flexibility index (Phi) is 4.71. The van der Waals surface area contributed by atoms with Crippen molar-refractivity contribution in [3.05, 3.63) is 119 Å². The summed E-state index contributed by atoms with van der Waals surface area (Å²) in [6.45, 7) is -0.121. The lowest BCUT2D eigenvalue weighted by Gasteiger charge is -2.07. The molecule has 0 fully saturated rings. The van der Waals surface area contributed by atoms with Crippen LogP contribution in [0.4, 0.5) is 0 Å². The number of hydrogen-bond donors (Lipinski definition) is 1. The lowest BCUT2D eigenvalue weighted by Crippen LogP contribution is -2.15. The maximum atomic E-state index is 9.99. The van der Waals surface area contributed by atoms with Gasteiger partial charge in [-0.25, -0.2) is 4.68 Å². The van der Waals surface area contributed by atoms with Crippen LogP contribution in [0.2, 0.25) is 0 Å². The van der Waals surface area contributed by atoms with Crippen LogP contribution in [0, 0.1) is 0 Å². The summed E-state index contributed by atoms with van der Waals surface area (Å²) in [6.07, 6.45) is 0. The summed E-state index contributed by atoms with van der Waals surface area (Å²) < 4.78 is 8.06. The second-order valence-corrected chi connectivity index (χ2v) is 6.87. The van der Waals surface area contributed by atoms with Crippen LogP contribution >= 0.6 is 0 Å². The van der Waals surface area contributed by atoms with Gasteiger partial charge in [-0.05, 0) is 29.8 Å². The number of para-hydroxylation sites is 1. The molecule has 5 rings (SSSR count). The van der Waals surface area contributed by atoms with Gasteiger partial charge < -0.3 is 9.52 Å². The van der Waals surface area contributed by atoms with Gasteiger partial charge in [-0.15, -0.1) is 5.10 Å². The van der Waals surface area contributed by atoms with Crippen molar-refractivity contribution in [2.45, 2.75) is 0 Å². The van der Waals surface area contributed by atoms with Crippen LogP contribution in [0.5, 0.6) is 0 Å². The molecular formula is C25H19N3O2. The molecule has 146 valence electrons. The zero-order chi connectivity index (χ0) is 20.3. The highest BCUT2D eigenvalue weighted by atomic mass is 16.3. The van der Waals surface area contributed by atoms with Crippen molar-refractivity contribution in [1.29, 1.82) is 0 Å². The summed E-state index contributed by atoms with van der Waals surface area (Å²) in [4.78, 5) is 0. The standard InChI is InChI=1S/C25H19N3O2/c29-17-20(18-9-3-1-4-10-18)23-15-16-24(30-23)25(19-11-5-2-6-12-19)28-22-14-8-7-13-21(22)26-27-28/h1-16,29H,17H2. The third kappa shape index (κ3) is 3.21. The average molecular weight is 393 g/mol. The minimum Gasteiger partial charge on any atom is -0.455 e. The van der Waals surface area contributed by atoms with E-state index in [0.717, 1.165) is 33.4 Å². The van der Waals surface area contributed by atoms with Crippen molar-refractivity contribution in [2.75, 3.05) is 6.61 Å². The van der Waals surface area contributed by atoms with Gasteiger partial charge in [-0.3, -0.25) is 0 Å². The van der Waals surface area contributed by atoms with Gasteiger partial charge in [-0.1, -0.05) is 78.0 Å². The van der Waals surface area contributed by atoms with Crippen LogP contribution in [-0.4, -0.2) is 26.7 Å². The van der Waals surface area contributed by atoms with Gasteiger partial charge in [0.15, 0.2) is 5.42 Å². The first-order valence-corrected chi connectivity index (χ1v) is 9.71. The van der Waals surface area contributed by atoms with Gasteiger partial charge in [0.05, 0.1) is 12.1 Å². The van der Waals surface area contributed by atoms with Gasteiger partial charge in [0.25, 0.3) is 0 Å². The van der Waals surface area contributed by atoms with E-state index < -0.39 is 0 Å². The van der Waals surface area contributed by atoms with Gasteiger partial charge >= 0.3 is 0 Å². The molecule has 0 saturated carbocycles. The fraction of sp³-hybridized carbons (Fsp3) is 0.0400. The molecule has 0 aliphatic carbocycles. The van der Waals surface area contributed by atoms with Gasteiger partial charge in [0, 0.05) is 11.1 Å². The molecule has 0 saturated heterocycles. The Hall–Kier alpha value is -3.96. The van der Waals surface area contributed by atoms with Crippen LogP contribution in [0.1, 0.15) is 11.1 Å². The minimum absolute atomic E-state index is 0.121. The van der Waals surface area contributed by atoms with E-state index in [1.165, 1.54) is 0 Å². The number of fused-ring (bicyclic) bond motifs is 1. The van der Waals surface area contributed by atoms with E-state index in [1.807, 2.05) is 97.1 Å². The number of rotatable bonds is 4. The molecule has 0 aliphatic rings. The van der Waals surface area contributed by atoms with Gasteiger partial charge in [-0.2, -0.15) is 0 Å². The molecule has 0 unspecified atom stereocenters. The first-order valence-electron chi connectivity index (χ1n) is 9.71. The van der Waals surface area contributed by atoms with Crippen molar-refractivity contribution >= 4 is 22.3 Å². The summed E-state index contributed by atoms with van der Waals surface area (Å²) in [7, 11) is 0. The largest absolute Gasteiger partial charge is 0.455 e. The number of aromatic nitrogens is 3. The number of aliphatic hydroxyl groups is 1. The van der Waals surface area contributed by atoms with E-state index in [1.54, 1.807) is 4.68 Å². The third-order valence-electron chi connectivity index (χ3n) is 5.03. The molecule has 5 aromatic rings. The predicted molar refractivity (Wildman–Crippen MR) is 116 cm³/mol. The lowest BCUT2D eigenvalue weighted by molar-refractivity contribution is 0.346. The van der Waals surface area contributed by atoms with Gasteiger partial charge in [0.1, 0.15) is 16.6 Å². The molecule has 5 nitrogen and oxygen atoms in total. The lowest BCUT2D eigenvalue weighted by atomic mass is 10.1. The summed E-state index contributed by atoms with van der Waals surface area (Å²) in [5.41, 5.74) is 6.38. The monoisotopic (exact) mass is 393 g/mol. The molecule has 2 aromatic heterocycles. The fourth-order valence-electron chi connectivity index (χ4n) is 3.58. The number of aliphatic hydroxyl groups excluding tert-OH is 1. The normalized spacial score (nSPS) is 13.4. The maximum Gasteiger partial charge on any atom is 0.153 e.